The van der Waals surface area contributed by atoms with Gasteiger partial charge >= 0.3 is 0 Å². The van der Waals surface area contributed by atoms with Crippen molar-refractivity contribution < 1.29 is 9.18 Å². The summed E-state index contributed by atoms with van der Waals surface area (Å²) in [5, 5.41) is 3.00. The Morgan fingerprint density at radius 3 is 2.60 bits per heavy atom. The summed E-state index contributed by atoms with van der Waals surface area (Å²) in [6, 6.07) is 5.73. The molecule has 0 spiro atoms. The minimum Gasteiger partial charge on any atom is -0.320 e. The third-order valence-corrected chi connectivity index (χ3v) is 3.17. The highest BCUT2D eigenvalue weighted by atomic mass is 35.5. The molecule has 0 aliphatic rings. The van der Waals surface area contributed by atoms with Crippen molar-refractivity contribution in [2.75, 3.05) is 5.32 Å². The Hall–Kier alpha value is -1.94. The van der Waals surface area contributed by atoms with Crippen molar-refractivity contribution >= 4 is 23.2 Å². The highest BCUT2D eigenvalue weighted by Crippen LogP contribution is 2.21. The van der Waals surface area contributed by atoms with Gasteiger partial charge in [-0.1, -0.05) is 11.6 Å². The van der Waals surface area contributed by atoms with Crippen LogP contribution in [0.5, 0.6) is 0 Å². The number of halogens is 2. The molecule has 0 saturated carbocycles. The van der Waals surface area contributed by atoms with Gasteiger partial charge in [-0.3, -0.25) is 9.78 Å². The summed E-state index contributed by atoms with van der Waals surface area (Å²) in [6.07, 6.45) is 0. The zero-order chi connectivity index (χ0) is 14.9. The van der Waals surface area contributed by atoms with Crippen molar-refractivity contribution in [2.24, 2.45) is 0 Å². The van der Waals surface area contributed by atoms with Crippen LogP contribution in [0.2, 0.25) is 5.02 Å². The van der Waals surface area contributed by atoms with Gasteiger partial charge in [0.1, 0.15) is 5.82 Å². The zero-order valence-corrected chi connectivity index (χ0v) is 12.2. The van der Waals surface area contributed by atoms with Crippen molar-refractivity contribution in [1.29, 1.82) is 0 Å². The lowest BCUT2D eigenvalue weighted by Crippen LogP contribution is -2.16. The maximum absolute atomic E-state index is 13.7. The van der Waals surface area contributed by atoms with Gasteiger partial charge in [0, 0.05) is 10.7 Å². The van der Waals surface area contributed by atoms with E-state index in [0.29, 0.717) is 16.4 Å². The molecule has 0 atom stereocenters. The molecule has 2 aromatic rings. The summed E-state index contributed by atoms with van der Waals surface area (Å²) in [4.78, 5) is 16.4. The van der Waals surface area contributed by atoms with Crippen molar-refractivity contribution in [2.45, 2.75) is 20.8 Å². The third-order valence-electron chi connectivity index (χ3n) is 2.94. The number of carbonyl (C=O) groups is 1. The van der Waals surface area contributed by atoms with Gasteiger partial charge in [0.05, 0.1) is 16.9 Å². The molecule has 1 N–H and O–H groups in total. The topological polar surface area (TPSA) is 42.0 Å². The van der Waals surface area contributed by atoms with E-state index in [4.69, 9.17) is 11.6 Å². The SMILES string of the molecule is Cc1cc(C)c(NC(=O)c2cc(Cl)ccc2F)c(C)n1. The Bertz CT molecular complexity index is 663. The Morgan fingerprint density at radius 2 is 1.95 bits per heavy atom. The first-order valence-electron chi connectivity index (χ1n) is 6.09. The van der Waals surface area contributed by atoms with Gasteiger partial charge in [0.2, 0.25) is 0 Å². The van der Waals surface area contributed by atoms with Crippen LogP contribution in [0.3, 0.4) is 0 Å². The van der Waals surface area contributed by atoms with Crippen molar-refractivity contribution in [3.63, 3.8) is 0 Å². The standard InChI is InChI=1S/C15H14ClFN2O/c1-8-6-9(2)18-10(3)14(8)19-15(20)12-7-11(16)4-5-13(12)17/h4-7H,1-3H3,(H,19,20). The molecule has 0 aliphatic heterocycles. The molecule has 1 heterocycles. The smallest absolute Gasteiger partial charge is 0.258 e. The summed E-state index contributed by atoms with van der Waals surface area (Å²) >= 11 is 5.79. The summed E-state index contributed by atoms with van der Waals surface area (Å²) < 4.78 is 13.7. The third kappa shape index (κ3) is 2.96. The quantitative estimate of drug-likeness (QED) is 0.907. The van der Waals surface area contributed by atoms with E-state index in [1.807, 2.05) is 19.9 Å². The number of nitrogens with zero attached hydrogens (tertiary/aromatic N) is 1. The van der Waals surface area contributed by atoms with E-state index in [2.05, 4.69) is 10.3 Å². The highest BCUT2D eigenvalue weighted by molar-refractivity contribution is 6.31. The average molecular weight is 293 g/mol. The monoisotopic (exact) mass is 292 g/mol. The number of rotatable bonds is 2. The number of hydrogen-bond donors (Lipinski definition) is 1. The average Bonchev–Trinajstić information content (AvgIpc) is 2.36. The summed E-state index contributed by atoms with van der Waals surface area (Å²) in [7, 11) is 0. The van der Waals surface area contributed by atoms with Gasteiger partial charge in [-0.25, -0.2) is 4.39 Å². The molecule has 0 unspecified atom stereocenters. The molecular weight excluding hydrogens is 279 g/mol. The highest BCUT2D eigenvalue weighted by Gasteiger charge is 2.15. The molecule has 20 heavy (non-hydrogen) atoms. The first-order chi connectivity index (χ1) is 9.38. The summed E-state index contributed by atoms with van der Waals surface area (Å²) in [6.45, 7) is 5.54. The normalized spacial score (nSPS) is 10.4. The molecule has 0 aliphatic carbocycles. The van der Waals surface area contributed by atoms with Crippen molar-refractivity contribution in [3.05, 3.63) is 57.6 Å². The van der Waals surface area contributed by atoms with Crippen molar-refractivity contribution in [1.82, 2.24) is 4.98 Å². The number of hydrogen-bond acceptors (Lipinski definition) is 2. The van der Waals surface area contributed by atoms with Crippen molar-refractivity contribution in [3.8, 4) is 0 Å². The van der Waals surface area contributed by atoms with E-state index in [1.54, 1.807) is 6.92 Å². The molecule has 104 valence electrons. The molecule has 0 fully saturated rings. The van der Waals surface area contributed by atoms with Gasteiger partial charge < -0.3 is 5.32 Å². The molecule has 0 radical (unpaired) electrons. The van der Waals surface area contributed by atoms with E-state index in [-0.39, 0.29) is 5.56 Å². The van der Waals surface area contributed by atoms with Crippen LogP contribution in [0.15, 0.2) is 24.3 Å². The van der Waals surface area contributed by atoms with Crippen LogP contribution in [-0.2, 0) is 0 Å². The fourth-order valence-electron chi connectivity index (χ4n) is 2.06. The lowest BCUT2D eigenvalue weighted by Gasteiger charge is -2.12. The molecular formula is C15H14ClFN2O. The van der Waals surface area contributed by atoms with Gasteiger partial charge in [0.25, 0.3) is 5.91 Å². The van der Waals surface area contributed by atoms with E-state index in [9.17, 15) is 9.18 Å². The van der Waals surface area contributed by atoms with Gasteiger partial charge in [-0.15, -0.1) is 0 Å². The number of benzene rings is 1. The number of aromatic nitrogens is 1. The van der Waals surface area contributed by atoms with Crippen LogP contribution in [0.25, 0.3) is 0 Å². The molecule has 1 aromatic heterocycles. The van der Waals surface area contributed by atoms with Crippen LogP contribution in [0.4, 0.5) is 10.1 Å². The second-order valence-electron chi connectivity index (χ2n) is 4.62. The number of aryl methyl sites for hydroxylation is 3. The number of pyridine rings is 1. The Labute approximate surface area is 121 Å². The number of amides is 1. The first-order valence-corrected chi connectivity index (χ1v) is 6.47. The fourth-order valence-corrected chi connectivity index (χ4v) is 2.24. The minimum atomic E-state index is -0.609. The summed E-state index contributed by atoms with van der Waals surface area (Å²) in [5.74, 6) is -1.15. The first kappa shape index (κ1) is 14.5. The lowest BCUT2D eigenvalue weighted by molar-refractivity contribution is 0.102. The Kier molecular flexibility index (Phi) is 4.04. The maximum atomic E-state index is 13.7. The zero-order valence-electron chi connectivity index (χ0n) is 11.4. The van der Waals surface area contributed by atoms with Crippen LogP contribution < -0.4 is 5.32 Å². The minimum absolute atomic E-state index is 0.0862. The lowest BCUT2D eigenvalue weighted by atomic mass is 10.1. The van der Waals surface area contributed by atoms with Gasteiger partial charge in [0.15, 0.2) is 0 Å². The summed E-state index contributed by atoms with van der Waals surface area (Å²) in [5.41, 5.74) is 2.95. The van der Waals surface area contributed by atoms with Crippen LogP contribution in [0.1, 0.15) is 27.3 Å². The van der Waals surface area contributed by atoms with Crippen LogP contribution in [0, 0.1) is 26.6 Å². The molecule has 1 aromatic carbocycles. The largest absolute Gasteiger partial charge is 0.320 e. The van der Waals surface area contributed by atoms with E-state index in [1.165, 1.54) is 18.2 Å². The second kappa shape index (κ2) is 5.59. The molecule has 0 bridgehead atoms. The number of anilines is 1. The Balaban J connectivity index is 2.35. The number of nitrogens with one attached hydrogen (secondary N) is 1. The van der Waals surface area contributed by atoms with E-state index < -0.39 is 11.7 Å². The molecule has 1 amide bonds. The van der Waals surface area contributed by atoms with Gasteiger partial charge in [-0.2, -0.15) is 0 Å². The van der Waals surface area contributed by atoms with Crippen LogP contribution >= 0.6 is 11.6 Å². The van der Waals surface area contributed by atoms with Gasteiger partial charge in [-0.05, 0) is 50.6 Å². The predicted octanol–water partition coefficient (Wildman–Crippen LogP) is 4.05. The Morgan fingerprint density at radius 1 is 1.25 bits per heavy atom. The molecule has 5 heteroatoms. The number of carbonyl (C=O) groups excluding carboxylic acids is 1. The maximum Gasteiger partial charge on any atom is 0.258 e. The molecule has 0 saturated heterocycles. The van der Waals surface area contributed by atoms with E-state index >= 15 is 0 Å². The van der Waals surface area contributed by atoms with E-state index in [0.717, 1.165) is 11.3 Å². The predicted molar refractivity (Wildman–Crippen MR) is 77.8 cm³/mol. The fraction of sp³-hybridized carbons (Fsp3) is 0.200. The molecule has 2 rings (SSSR count). The second-order valence-corrected chi connectivity index (χ2v) is 5.06. The van der Waals surface area contributed by atoms with Crippen LogP contribution in [-0.4, -0.2) is 10.9 Å². The molecule has 3 nitrogen and oxygen atoms in total.